The second-order valence-electron chi connectivity index (χ2n) is 4.70. The topological polar surface area (TPSA) is 46.3 Å². The van der Waals surface area contributed by atoms with Crippen molar-refractivity contribution in [3.63, 3.8) is 0 Å². The van der Waals surface area contributed by atoms with Crippen LogP contribution in [0.2, 0.25) is 0 Å². The number of likely N-dealkylation sites (N-methyl/N-ethyl adjacent to an activating group) is 1. The quantitative estimate of drug-likeness (QED) is 0.870. The smallest absolute Gasteiger partial charge is 0.256 e. The number of amides is 1. The van der Waals surface area contributed by atoms with Gasteiger partial charge in [-0.15, -0.1) is 0 Å². The molecule has 2 N–H and O–H groups in total. The van der Waals surface area contributed by atoms with Crippen LogP contribution in [0.4, 0.5) is 10.1 Å². The van der Waals surface area contributed by atoms with Crippen LogP contribution in [-0.4, -0.2) is 24.4 Å². The number of hydrogen-bond acceptors (Lipinski definition) is 2. The number of nitrogens with two attached hydrogens (primary N) is 1. The third-order valence-corrected chi connectivity index (χ3v) is 3.15. The van der Waals surface area contributed by atoms with E-state index in [4.69, 9.17) is 5.73 Å². The van der Waals surface area contributed by atoms with Gasteiger partial charge in [-0.25, -0.2) is 4.39 Å². The molecule has 0 aromatic heterocycles. The summed E-state index contributed by atoms with van der Waals surface area (Å²) in [5, 5.41) is 0. The van der Waals surface area contributed by atoms with Crippen molar-refractivity contribution < 1.29 is 9.18 Å². The molecule has 0 aliphatic rings. The molecule has 4 heteroatoms. The Balaban J connectivity index is 2.03. The van der Waals surface area contributed by atoms with Crippen LogP contribution in [0.15, 0.2) is 48.5 Å². The lowest BCUT2D eigenvalue weighted by Gasteiger charge is -2.17. The summed E-state index contributed by atoms with van der Waals surface area (Å²) in [5.41, 5.74) is 7.13. The Morgan fingerprint density at radius 3 is 2.60 bits per heavy atom. The zero-order valence-electron chi connectivity index (χ0n) is 11.3. The molecule has 3 nitrogen and oxygen atoms in total. The Hall–Kier alpha value is -2.36. The molecule has 0 fully saturated rings. The van der Waals surface area contributed by atoms with Crippen molar-refractivity contribution in [3.05, 3.63) is 65.5 Å². The van der Waals surface area contributed by atoms with Gasteiger partial charge in [0.15, 0.2) is 0 Å². The first-order chi connectivity index (χ1) is 9.58. The van der Waals surface area contributed by atoms with E-state index < -0.39 is 5.82 Å². The van der Waals surface area contributed by atoms with Crippen LogP contribution in [0, 0.1) is 5.82 Å². The lowest BCUT2D eigenvalue weighted by atomic mass is 10.1. The van der Waals surface area contributed by atoms with Crippen molar-refractivity contribution in [1.29, 1.82) is 0 Å². The fourth-order valence-corrected chi connectivity index (χ4v) is 1.96. The molecule has 0 bridgehead atoms. The number of hydrogen-bond donors (Lipinski definition) is 1. The van der Waals surface area contributed by atoms with Gasteiger partial charge in [0.25, 0.3) is 5.91 Å². The molecule has 104 valence electrons. The van der Waals surface area contributed by atoms with Gasteiger partial charge < -0.3 is 10.6 Å². The van der Waals surface area contributed by atoms with Crippen molar-refractivity contribution >= 4 is 11.6 Å². The average Bonchev–Trinajstić information content (AvgIpc) is 2.47. The summed E-state index contributed by atoms with van der Waals surface area (Å²) < 4.78 is 13.6. The number of rotatable bonds is 4. The van der Waals surface area contributed by atoms with Crippen LogP contribution in [0.3, 0.4) is 0 Å². The summed E-state index contributed by atoms with van der Waals surface area (Å²) in [6.07, 6.45) is 0.729. The first-order valence-electron chi connectivity index (χ1n) is 6.42. The van der Waals surface area contributed by atoms with Gasteiger partial charge in [0.1, 0.15) is 5.82 Å². The summed E-state index contributed by atoms with van der Waals surface area (Å²) in [5.74, 6) is -0.901. The van der Waals surface area contributed by atoms with Gasteiger partial charge in [-0.05, 0) is 30.2 Å². The fraction of sp³-hybridized carbons (Fsp3) is 0.188. The zero-order valence-corrected chi connectivity index (χ0v) is 11.3. The van der Waals surface area contributed by atoms with E-state index in [-0.39, 0.29) is 11.5 Å². The van der Waals surface area contributed by atoms with E-state index in [1.165, 1.54) is 23.1 Å². The highest BCUT2D eigenvalue weighted by Gasteiger charge is 2.16. The molecule has 1 amide bonds. The third kappa shape index (κ3) is 3.35. The summed E-state index contributed by atoms with van der Waals surface area (Å²) in [6, 6.07) is 13.9. The van der Waals surface area contributed by atoms with Crippen LogP contribution < -0.4 is 5.73 Å². The van der Waals surface area contributed by atoms with Crippen LogP contribution in [-0.2, 0) is 6.42 Å². The van der Waals surface area contributed by atoms with E-state index in [0.29, 0.717) is 12.2 Å². The third-order valence-electron chi connectivity index (χ3n) is 3.15. The molecular weight excluding hydrogens is 255 g/mol. The number of nitrogens with zero attached hydrogens (tertiary/aromatic N) is 1. The van der Waals surface area contributed by atoms with E-state index in [1.54, 1.807) is 7.05 Å². The van der Waals surface area contributed by atoms with Crippen molar-refractivity contribution in [1.82, 2.24) is 4.90 Å². The predicted octanol–water partition coefficient (Wildman–Crippen LogP) is 2.72. The Labute approximate surface area is 117 Å². The maximum atomic E-state index is 13.6. The predicted molar refractivity (Wildman–Crippen MR) is 77.9 cm³/mol. The Kier molecular flexibility index (Phi) is 4.35. The van der Waals surface area contributed by atoms with Gasteiger partial charge in [-0.1, -0.05) is 30.3 Å². The molecule has 0 atom stereocenters. The molecule has 0 radical (unpaired) electrons. The van der Waals surface area contributed by atoms with E-state index in [2.05, 4.69) is 0 Å². The molecule has 0 spiro atoms. The number of benzene rings is 2. The number of halogens is 1. The minimum Gasteiger partial charge on any atom is -0.399 e. The number of carbonyl (C=O) groups is 1. The lowest BCUT2D eigenvalue weighted by molar-refractivity contribution is 0.0792. The molecule has 0 heterocycles. The molecule has 2 aromatic carbocycles. The van der Waals surface area contributed by atoms with Crippen LogP contribution in [0.25, 0.3) is 0 Å². The molecule has 0 aliphatic carbocycles. The molecule has 0 unspecified atom stereocenters. The summed E-state index contributed by atoms with van der Waals surface area (Å²) in [6.45, 7) is 0.525. The second-order valence-corrected chi connectivity index (χ2v) is 4.70. The van der Waals surface area contributed by atoms with Crippen molar-refractivity contribution in [2.45, 2.75) is 6.42 Å². The molecule has 2 rings (SSSR count). The Morgan fingerprint density at radius 1 is 1.20 bits per heavy atom. The maximum absolute atomic E-state index is 13.6. The SMILES string of the molecule is CN(CCc1ccccc1)C(=O)c1cc(N)ccc1F. The largest absolute Gasteiger partial charge is 0.399 e. The first kappa shape index (κ1) is 14.1. The minimum absolute atomic E-state index is 0.0144. The van der Waals surface area contributed by atoms with Gasteiger partial charge in [0.2, 0.25) is 0 Å². The van der Waals surface area contributed by atoms with E-state index in [9.17, 15) is 9.18 Å². The van der Waals surface area contributed by atoms with Crippen LogP contribution in [0.5, 0.6) is 0 Å². The van der Waals surface area contributed by atoms with Crippen molar-refractivity contribution in [2.75, 3.05) is 19.3 Å². The minimum atomic E-state index is -0.546. The normalized spacial score (nSPS) is 10.3. The van der Waals surface area contributed by atoms with E-state index >= 15 is 0 Å². The van der Waals surface area contributed by atoms with Crippen molar-refractivity contribution in [2.24, 2.45) is 0 Å². The molecular formula is C16H17FN2O. The van der Waals surface area contributed by atoms with E-state index in [1.807, 2.05) is 30.3 Å². The van der Waals surface area contributed by atoms with Crippen LogP contribution in [0.1, 0.15) is 15.9 Å². The molecule has 0 saturated carbocycles. The average molecular weight is 272 g/mol. The second kappa shape index (κ2) is 6.19. The standard InChI is InChI=1S/C16H17FN2O/c1-19(10-9-12-5-3-2-4-6-12)16(20)14-11-13(18)7-8-15(14)17/h2-8,11H,9-10,18H2,1H3. The van der Waals surface area contributed by atoms with E-state index in [0.717, 1.165) is 12.0 Å². The summed E-state index contributed by atoms with van der Waals surface area (Å²) in [4.78, 5) is 13.7. The van der Waals surface area contributed by atoms with Gasteiger partial charge in [0.05, 0.1) is 5.56 Å². The Morgan fingerprint density at radius 2 is 1.90 bits per heavy atom. The number of carbonyl (C=O) groups excluding carboxylic acids is 1. The summed E-state index contributed by atoms with van der Waals surface area (Å²) >= 11 is 0. The van der Waals surface area contributed by atoms with Gasteiger partial charge in [-0.2, -0.15) is 0 Å². The van der Waals surface area contributed by atoms with Gasteiger partial charge in [-0.3, -0.25) is 4.79 Å². The Bertz CT molecular complexity index is 599. The molecule has 0 aliphatic heterocycles. The zero-order chi connectivity index (χ0) is 14.5. The first-order valence-corrected chi connectivity index (χ1v) is 6.42. The highest BCUT2D eigenvalue weighted by molar-refractivity contribution is 5.95. The number of anilines is 1. The summed E-state index contributed by atoms with van der Waals surface area (Å²) in [7, 11) is 1.66. The highest BCUT2D eigenvalue weighted by Crippen LogP contribution is 2.14. The van der Waals surface area contributed by atoms with Crippen molar-refractivity contribution in [3.8, 4) is 0 Å². The fourth-order valence-electron chi connectivity index (χ4n) is 1.96. The number of nitrogen functional groups attached to an aromatic ring is 1. The molecule has 0 saturated heterocycles. The monoisotopic (exact) mass is 272 g/mol. The van der Waals surface area contributed by atoms with Crippen LogP contribution >= 0.6 is 0 Å². The highest BCUT2D eigenvalue weighted by atomic mass is 19.1. The molecule has 2 aromatic rings. The van der Waals surface area contributed by atoms with Gasteiger partial charge in [0, 0.05) is 19.3 Å². The maximum Gasteiger partial charge on any atom is 0.256 e. The lowest BCUT2D eigenvalue weighted by Crippen LogP contribution is -2.29. The van der Waals surface area contributed by atoms with Gasteiger partial charge >= 0.3 is 0 Å². The molecule has 20 heavy (non-hydrogen) atoms.